The third kappa shape index (κ3) is 3.01. The summed E-state index contributed by atoms with van der Waals surface area (Å²) in [6, 6.07) is 11.3. The molecule has 92 valence electrons. The number of carbonyl (C=O) groups excluding carboxylic acids is 1. The molecule has 0 aliphatic rings. The van der Waals surface area contributed by atoms with Crippen LogP contribution in [-0.2, 0) is 0 Å². The number of hydrogen-bond acceptors (Lipinski definition) is 3. The zero-order chi connectivity index (χ0) is 13.1. The van der Waals surface area contributed by atoms with Crippen LogP contribution < -0.4 is 11.1 Å². The van der Waals surface area contributed by atoms with E-state index in [-0.39, 0.29) is 11.7 Å². The van der Waals surface area contributed by atoms with Crippen LogP contribution in [0.15, 0.2) is 46.9 Å². The van der Waals surface area contributed by atoms with Crippen molar-refractivity contribution in [3.8, 4) is 5.75 Å². The van der Waals surface area contributed by atoms with Gasteiger partial charge in [-0.2, -0.15) is 0 Å². The number of hydrogen-bond donors (Lipinski definition) is 3. The summed E-state index contributed by atoms with van der Waals surface area (Å²) in [5.41, 5.74) is 7.26. The molecule has 5 heteroatoms. The lowest BCUT2D eigenvalue weighted by molar-refractivity contribution is 0.102. The van der Waals surface area contributed by atoms with Crippen LogP contribution in [0.25, 0.3) is 0 Å². The van der Waals surface area contributed by atoms with E-state index in [9.17, 15) is 4.79 Å². The fourth-order valence-corrected chi connectivity index (χ4v) is 2.00. The van der Waals surface area contributed by atoms with Gasteiger partial charge in [0, 0.05) is 21.4 Å². The topological polar surface area (TPSA) is 75.4 Å². The Morgan fingerprint density at radius 1 is 1.17 bits per heavy atom. The normalized spacial score (nSPS) is 10.1. The maximum atomic E-state index is 12.0. The van der Waals surface area contributed by atoms with Gasteiger partial charge in [0.25, 0.3) is 5.91 Å². The van der Waals surface area contributed by atoms with Crippen molar-refractivity contribution < 1.29 is 9.90 Å². The molecule has 4 nitrogen and oxygen atoms in total. The Labute approximate surface area is 113 Å². The van der Waals surface area contributed by atoms with Gasteiger partial charge in [0.1, 0.15) is 5.75 Å². The number of anilines is 2. The molecule has 0 fully saturated rings. The molecule has 1 amide bonds. The van der Waals surface area contributed by atoms with Crippen LogP contribution in [0, 0.1) is 0 Å². The minimum atomic E-state index is -0.256. The lowest BCUT2D eigenvalue weighted by Crippen LogP contribution is -2.12. The number of nitrogens with one attached hydrogen (secondary N) is 1. The Morgan fingerprint density at radius 2 is 1.83 bits per heavy atom. The zero-order valence-corrected chi connectivity index (χ0v) is 10.9. The zero-order valence-electron chi connectivity index (χ0n) is 9.35. The number of carbonyl (C=O) groups is 1. The fourth-order valence-electron chi connectivity index (χ4n) is 1.49. The van der Waals surface area contributed by atoms with Crippen LogP contribution in [0.1, 0.15) is 10.4 Å². The smallest absolute Gasteiger partial charge is 0.255 e. The minimum Gasteiger partial charge on any atom is -0.508 e. The standard InChI is InChI=1S/C13H11BrN2O2/c14-9-5-8(6-10(15)7-9)13(18)16-11-1-3-12(17)4-2-11/h1-7,17H,15H2,(H,16,18). The van der Waals surface area contributed by atoms with Crippen LogP contribution in [0.2, 0.25) is 0 Å². The lowest BCUT2D eigenvalue weighted by Gasteiger charge is -2.06. The van der Waals surface area contributed by atoms with Crippen molar-refractivity contribution in [3.05, 3.63) is 52.5 Å². The molecular formula is C13H11BrN2O2. The molecule has 0 saturated heterocycles. The van der Waals surface area contributed by atoms with E-state index >= 15 is 0 Å². The van der Waals surface area contributed by atoms with Crippen molar-refractivity contribution in [2.24, 2.45) is 0 Å². The van der Waals surface area contributed by atoms with Gasteiger partial charge < -0.3 is 16.2 Å². The Bertz CT molecular complexity index is 562. The first-order chi connectivity index (χ1) is 8.54. The highest BCUT2D eigenvalue weighted by atomic mass is 79.9. The highest BCUT2D eigenvalue weighted by Crippen LogP contribution is 2.19. The molecule has 4 N–H and O–H groups in total. The second-order valence-electron chi connectivity index (χ2n) is 3.77. The summed E-state index contributed by atoms with van der Waals surface area (Å²) in [4.78, 5) is 12.0. The molecule has 0 bridgehead atoms. The molecule has 2 rings (SSSR count). The number of phenols is 1. The van der Waals surface area contributed by atoms with Crippen molar-refractivity contribution in [1.82, 2.24) is 0 Å². The summed E-state index contributed by atoms with van der Waals surface area (Å²) < 4.78 is 0.748. The largest absolute Gasteiger partial charge is 0.508 e. The number of halogens is 1. The SMILES string of the molecule is Nc1cc(Br)cc(C(=O)Nc2ccc(O)cc2)c1. The van der Waals surface area contributed by atoms with Crippen LogP contribution in [0.5, 0.6) is 5.75 Å². The molecule has 0 radical (unpaired) electrons. The molecule has 2 aromatic carbocycles. The van der Waals surface area contributed by atoms with Crippen LogP contribution in [0.3, 0.4) is 0 Å². The van der Waals surface area contributed by atoms with Gasteiger partial charge in [-0.15, -0.1) is 0 Å². The molecule has 0 aliphatic carbocycles. The fraction of sp³-hybridized carbons (Fsp3) is 0. The second-order valence-corrected chi connectivity index (χ2v) is 4.69. The highest BCUT2D eigenvalue weighted by molar-refractivity contribution is 9.10. The summed E-state index contributed by atoms with van der Waals surface area (Å²) in [6.07, 6.45) is 0. The quantitative estimate of drug-likeness (QED) is 0.590. The Morgan fingerprint density at radius 3 is 2.44 bits per heavy atom. The van der Waals surface area contributed by atoms with E-state index in [0.29, 0.717) is 16.9 Å². The molecule has 0 heterocycles. The predicted molar refractivity (Wildman–Crippen MR) is 74.6 cm³/mol. The van der Waals surface area contributed by atoms with E-state index in [1.807, 2.05) is 0 Å². The predicted octanol–water partition coefficient (Wildman–Crippen LogP) is 2.99. The second kappa shape index (κ2) is 5.10. The first-order valence-corrected chi connectivity index (χ1v) is 6.00. The highest BCUT2D eigenvalue weighted by Gasteiger charge is 2.07. The average Bonchev–Trinajstić information content (AvgIpc) is 2.31. The van der Waals surface area contributed by atoms with E-state index in [4.69, 9.17) is 10.8 Å². The monoisotopic (exact) mass is 306 g/mol. The molecule has 0 aliphatic heterocycles. The first kappa shape index (κ1) is 12.4. The van der Waals surface area contributed by atoms with Gasteiger partial charge in [0.2, 0.25) is 0 Å². The number of benzene rings is 2. The summed E-state index contributed by atoms with van der Waals surface area (Å²) in [7, 11) is 0. The van der Waals surface area contributed by atoms with E-state index in [1.165, 1.54) is 12.1 Å². The van der Waals surface area contributed by atoms with Crippen molar-refractivity contribution in [2.75, 3.05) is 11.1 Å². The number of nitrogen functional groups attached to an aromatic ring is 1. The number of rotatable bonds is 2. The third-order valence-electron chi connectivity index (χ3n) is 2.31. The van der Waals surface area contributed by atoms with Crippen molar-refractivity contribution in [2.45, 2.75) is 0 Å². The van der Waals surface area contributed by atoms with Crippen LogP contribution in [-0.4, -0.2) is 11.0 Å². The van der Waals surface area contributed by atoms with Gasteiger partial charge in [-0.1, -0.05) is 15.9 Å². The minimum absolute atomic E-state index is 0.152. The molecule has 0 aromatic heterocycles. The Hall–Kier alpha value is -2.01. The average molecular weight is 307 g/mol. The van der Waals surface area contributed by atoms with Crippen molar-refractivity contribution >= 4 is 33.2 Å². The maximum Gasteiger partial charge on any atom is 0.255 e. The maximum absolute atomic E-state index is 12.0. The Kier molecular flexibility index (Phi) is 3.53. The molecule has 0 spiro atoms. The van der Waals surface area contributed by atoms with Crippen molar-refractivity contribution in [3.63, 3.8) is 0 Å². The van der Waals surface area contributed by atoms with E-state index in [0.717, 1.165) is 4.47 Å². The summed E-state index contributed by atoms with van der Waals surface area (Å²) in [5.74, 6) is -0.103. The van der Waals surface area contributed by atoms with Gasteiger partial charge in [0.05, 0.1) is 0 Å². The van der Waals surface area contributed by atoms with Crippen LogP contribution in [0.4, 0.5) is 11.4 Å². The molecule has 0 saturated carbocycles. The van der Waals surface area contributed by atoms with Crippen LogP contribution >= 0.6 is 15.9 Å². The molecule has 2 aromatic rings. The van der Waals surface area contributed by atoms with Gasteiger partial charge in [-0.25, -0.2) is 0 Å². The Balaban J connectivity index is 2.19. The van der Waals surface area contributed by atoms with Gasteiger partial charge in [0.15, 0.2) is 0 Å². The summed E-state index contributed by atoms with van der Waals surface area (Å²) >= 11 is 3.28. The van der Waals surface area contributed by atoms with Gasteiger partial charge in [-0.05, 0) is 42.5 Å². The molecule has 18 heavy (non-hydrogen) atoms. The molecule has 0 atom stereocenters. The number of amides is 1. The molecule has 0 unspecified atom stereocenters. The van der Waals surface area contributed by atoms with Gasteiger partial charge >= 0.3 is 0 Å². The van der Waals surface area contributed by atoms with E-state index in [2.05, 4.69) is 21.2 Å². The van der Waals surface area contributed by atoms with Gasteiger partial charge in [-0.3, -0.25) is 4.79 Å². The van der Waals surface area contributed by atoms with E-state index in [1.54, 1.807) is 30.3 Å². The molecular weight excluding hydrogens is 296 g/mol. The number of phenolic OH excluding ortho intramolecular Hbond substituents is 1. The number of aromatic hydroxyl groups is 1. The summed E-state index contributed by atoms with van der Waals surface area (Å²) in [6.45, 7) is 0. The first-order valence-electron chi connectivity index (χ1n) is 5.21. The van der Waals surface area contributed by atoms with E-state index < -0.39 is 0 Å². The third-order valence-corrected chi connectivity index (χ3v) is 2.77. The number of nitrogens with two attached hydrogens (primary N) is 1. The summed E-state index contributed by atoms with van der Waals surface area (Å²) in [5, 5.41) is 11.9. The lowest BCUT2D eigenvalue weighted by atomic mass is 10.2. The van der Waals surface area contributed by atoms with Crippen molar-refractivity contribution in [1.29, 1.82) is 0 Å².